The molecule has 0 aliphatic rings. The molecule has 0 aliphatic carbocycles. The molecule has 2 N–H and O–H groups in total. The summed E-state index contributed by atoms with van der Waals surface area (Å²) in [4.78, 5) is 10.9. The maximum atomic E-state index is 11.7. The van der Waals surface area contributed by atoms with Crippen molar-refractivity contribution in [2.45, 2.75) is 26.1 Å². The van der Waals surface area contributed by atoms with Gasteiger partial charge in [-0.15, -0.1) is 0 Å². The van der Waals surface area contributed by atoms with Gasteiger partial charge in [0.1, 0.15) is 6.54 Å². The van der Waals surface area contributed by atoms with Crippen LogP contribution in [0.4, 0.5) is 13.2 Å². The SMILES string of the molecule is CC(C)OCCNCC(=O)NCC(F)(F)F. The van der Waals surface area contributed by atoms with Crippen LogP contribution in [0.25, 0.3) is 0 Å². The van der Waals surface area contributed by atoms with E-state index in [0.717, 1.165) is 0 Å². The summed E-state index contributed by atoms with van der Waals surface area (Å²) in [6.45, 7) is 3.15. The number of carbonyl (C=O) groups excluding carboxylic acids is 1. The lowest BCUT2D eigenvalue weighted by Crippen LogP contribution is -2.40. The van der Waals surface area contributed by atoms with Gasteiger partial charge in [-0.3, -0.25) is 4.79 Å². The lowest BCUT2D eigenvalue weighted by Gasteiger charge is -2.10. The van der Waals surface area contributed by atoms with Gasteiger partial charge in [-0.2, -0.15) is 13.2 Å². The van der Waals surface area contributed by atoms with Crippen LogP contribution in [-0.2, 0) is 9.53 Å². The first-order chi connectivity index (χ1) is 7.31. The lowest BCUT2D eigenvalue weighted by molar-refractivity contribution is -0.137. The zero-order chi connectivity index (χ0) is 12.6. The second-order valence-electron chi connectivity index (χ2n) is 3.49. The fourth-order valence-corrected chi connectivity index (χ4v) is 0.830. The molecule has 0 spiro atoms. The monoisotopic (exact) mass is 242 g/mol. The first-order valence-electron chi connectivity index (χ1n) is 4.97. The number of rotatable bonds is 7. The van der Waals surface area contributed by atoms with Crippen molar-refractivity contribution in [2.24, 2.45) is 0 Å². The summed E-state index contributed by atoms with van der Waals surface area (Å²) in [6.07, 6.45) is -4.27. The van der Waals surface area contributed by atoms with E-state index in [2.05, 4.69) is 5.32 Å². The lowest BCUT2D eigenvalue weighted by atomic mass is 10.5. The molecule has 0 atom stereocenters. The summed E-state index contributed by atoms with van der Waals surface area (Å²) in [5, 5.41) is 4.43. The molecule has 96 valence electrons. The van der Waals surface area contributed by atoms with Crippen LogP contribution in [0.5, 0.6) is 0 Å². The van der Waals surface area contributed by atoms with Gasteiger partial charge < -0.3 is 15.4 Å². The Hall–Kier alpha value is -0.820. The van der Waals surface area contributed by atoms with E-state index in [1.165, 1.54) is 0 Å². The third-order valence-electron chi connectivity index (χ3n) is 1.50. The Kier molecular flexibility index (Phi) is 7.07. The smallest absolute Gasteiger partial charge is 0.377 e. The second-order valence-corrected chi connectivity index (χ2v) is 3.49. The van der Waals surface area contributed by atoms with E-state index in [0.29, 0.717) is 13.2 Å². The summed E-state index contributed by atoms with van der Waals surface area (Å²) in [6, 6.07) is 0. The van der Waals surface area contributed by atoms with Gasteiger partial charge >= 0.3 is 6.18 Å². The second kappa shape index (κ2) is 7.45. The Balaban J connectivity index is 3.38. The fourth-order valence-electron chi connectivity index (χ4n) is 0.830. The molecule has 0 fully saturated rings. The molecule has 0 bridgehead atoms. The van der Waals surface area contributed by atoms with Crippen molar-refractivity contribution in [3.05, 3.63) is 0 Å². The van der Waals surface area contributed by atoms with E-state index in [-0.39, 0.29) is 12.6 Å². The highest BCUT2D eigenvalue weighted by atomic mass is 19.4. The van der Waals surface area contributed by atoms with Crippen molar-refractivity contribution in [3.63, 3.8) is 0 Å². The highest BCUT2D eigenvalue weighted by molar-refractivity contribution is 5.77. The van der Waals surface area contributed by atoms with Crippen molar-refractivity contribution in [2.75, 3.05) is 26.2 Å². The van der Waals surface area contributed by atoms with Crippen LogP contribution < -0.4 is 10.6 Å². The summed E-state index contributed by atoms with van der Waals surface area (Å²) in [5.41, 5.74) is 0. The molecule has 0 saturated heterocycles. The molecule has 0 aromatic heterocycles. The summed E-state index contributed by atoms with van der Waals surface area (Å²) in [5.74, 6) is -0.679. The van der Waals surface area contributed by atoms with E-state index in [4.69, 9.17) is 4.74 Å². The van der Waals surface area contributed by atoms with Crippen LogP contribution in [0.3, 0.4) is 0 Å². The average molecular weight is 242 g/mol. The molecule has 0 rings (SSSR count). The van der Waals surface area contributed by atoms with Crippen molar-refractivity contribution in [3.8, 4) is 0 Å². The number of amides is 1. The number of halogens is 3. The van der Waals surface area contributed by atoms with E-state index in [1.54, 1.807) is 5.32 Å². The molecule has 0 aliphatic heterocycles. The first kappa shape index (κ1) is 15.2. The maximum Gasteiger partial charge on any atom is 0.405 e. The fraction of sp³-hybridized carbons (Fsp3) is 0.889. The third-order valence-corrected chi connectivity index (χ3v) is 1.50. The molecule has 0 radical (unpaired) electrons. The van der Waals surface area contributed by atoms with Gasteiger partial charge in [0, 0.05) is 6.54 Å². The van der Waals surface area contributed by atoms with Gasteiger partial charge in [0.15, 0.2) is 0 Å². The van der Waals surface area contributed by atoms with E-state index >= 15 is 0 Å². The summed E-state index contributed by atoms with van der Waals surface area (Å²) < 4.78 is 40.2. The summed E-state index contributed by atoms with van der Waals surface area (Å²) in [7, 11) is 0. The molecule has 0 heterocycles. The zero-order valence-corrected chi connectivity index (χ0v) is 9.36. The molecule has 4 nitrogen and oxygen atoms in total. The number of alkyl halides is 3. The highest BCUT2D eigenvalue weighted by Gasteiger charge is 2.27. The minimum atomic E-state index is -4.36. The molecule has 0 unspecified atom stereocenters. The van der Waals surface area contributed by atoms with Crippen LogP contribution in [0.15, 0.2) is 0 Å². The van der Waals surface area contributed by atoms with Crippen molar-refractivity contribution >= 4 is 5.91 Å². The molecular weight excluding hydrogens is 225 g/mol. The van der Waals surface area contributed by atoms with E-state index < -0.39 is 18.6 Å². The Morgan fingerprint density at radius 3 is 2.50 bits per heavy atom. The van der Waals surface area contributed by atoms with Crippen LogP contribution in [-0.4, -0.2) is 44.4 Å². The minimum absolute atomic E-state index is 0.0980. The molecule has 0 aromatic carbocycles. The number of nitrogens with one attached hydrogen (secondary N) is 2. The van der Waals surface area contributed by atoms with Crippen molar-refractivity contribution in [1.82, 2.24) is 10.6 Å². The Bertz CT molecular complexity index is 207. The summed E-state index contributed by atoms with van der Waals surface area (Å²) >= 11 is 0. The molecule has 7 heteroatoms. The molecular formula is C9H17F3N2O2. The Labute approximate surface area is 92.5 Å². The molecule has 16 heavy (non-hydrogen) atoms. The molecule has 1 amide bonds. The predicted octanol–water partition coefficient (Wildman–Crippen LogP) is 0.679. The largest absolute Gasteiger partial charge is 0.405 e. The quantitative estimate of drug-likeness (QED) is 0.645. The molecule has 0 aromatic rings. The van der Waals surface area contributed by atoms with E-state index in [1.807, 2.05) is 13.8 Å². The van der Waals surface area contributed by atoms with Crippen LogP contribution in [0.1, 0.15) is 13.8 Å². The van der Waals surface area contributed by atoms with Gasteiger partial charge in [0.2, 0.25) is 5.91 Å². The van der Waals surface area contributed by atoms with Gasteiger partial charge in [-0.1, -0.05) is 0 Å². The van der Waals surface area contributed by atoms with Gasteiger partial charge in [-0.25, -0.2) is 0 Å². The van der Waals surface area contributed by atoms with Crippen LogP contribution >= 0.6 is 0 Å². The number of hydrogen-bond donors (Lipinski definition) is 2. The minimum Gasteiger partial charge on any atom is -0.377 e. The van der Waals surface area contributed by atoms with Crippen LogP contribution in [0, 0.1) is 0 Å². The zero-order valence-electron chi connectivity index (χ0n) is 9.36. The van der Waals surface area contributed by atoms with Gasteiger partial charge in [0.05, 0.1) is 19.3 Å². The maximum absolute atomic E-state index is 11.7. The van der Waals surface area contributed by atoms with Gasteiger partial charge in [0.25, 0.3) is 0 Å². The predicted molar refractivity (Wildman–Crippen MR) is 53.0 cm³/mol. The normalized spacial score (nSPS) is 11.9. The van der Waals surface area contributed by atoms with Crippen molar-refractivity contribution < 1.29 is 22.7 Å². The van der Waals surface area contributed by atoms with Gasteiger partial charge in [-0.05, 0) is 13.8 Å². The Morgan fingerprint density at radius 2 is 2.00 bits per heavy atom. The molecule has 0 saturated carbocycles. The van der Waals surface area contributed by atoms with Crippen molar-refractivity contribution in [1.29, 1.82) is 0 Å². The van der Waals surface area contributed by atoms with E-state index in [9.17, 15) is 18.0 Å². The standard InChI is InChI=1S/C9H17F3N2O2/c1-7(2)16-4-3-13-5-8(15)14-6-9(10,11)12/h7,13H,3-6H2,1-2H3,(H,14,15). The highest BCUT2D eigenvalue weighted by Crippen LogP contribution is 2.11. The third kappa shape index (κ3) is 11.3. The Morgan fingerprint density at radius 1 is 1.38 bits per heavy atom. The number of ether oxygens (including phenoxy) is 1. The topological polar surface area (TPSA) is 50.4 Å². The average Bonchev–Trinajstić information content (AvgIpc) is 2.12. The van der Waals surface area contributed by atoms with Crippen LogP contribution in [0.2, 0.25) is 0 Å². The first-order valence-corrected chi connectivity index (χ1v) is 4.97. The number of hydrogen-bond acceptors (Lipinski definition) is 3. The number of carbonyl (C=O) groups is 1.